The SMILES string of the molecule is COc1cc(C(=O)N2CCc3c(nn(C)c3-c3cccc(Cl)c3)C2)ccc1NC=O. The van der Waals surface area contributed by atoms with Gasteiger partial charge < -0.3 is 15.0 Å². The van der Waals surface area contributed by atoms with Crippen LogP contribution in [0.1, 0.15) is 21.6 Å². The number of benzene rings is 2. The van der Waals surface area contributed by atoms with Crippen molar-refractivity contribution in [1.82, 2.24) is 14.7 Å². The molecule has 4 rings (SSSR count). The number of anilines is 1. The number of rotatable bonds is 5. The van der Waals surface area contributed by atoms with Crippen molar-refractivity contribution in [2.45, 2.75) is 13.0 Å². The summed E-state index contributed by atoms with van der Waals surface area (Å²) in [7, 11) is 3.41. The molecule has 1 N–H and O–H groups in total. The van der Waals surface area contributed by atoms with Crippen LogP contribution in [0.15, 0.2) is 42.5 Å². The van der Waals surface area contributed by atoms with Gasteiger partial charge in [-0.15, -0.1) is 0 Å². The van der Waals surface area contributed by atoms with Gasteiger partial charge in [0.05, 0.1) is 30.7 Å². The molecule has 0 atom stereocenters. The van der Waals surface area contributed by atoms with E-state index in [0.29, 0.717) is 47.9 Å². The molecule has 0 unspecified atom stereocenters. The van der Waals surface area contributed by atoms with E-state index in [0.717, 1.165) is 22.5 Å². The minimum atomic E-state index is -0.105. The van der Waals surface area contributed by atoms with E-state index in [-0.39, 0.29) is 5.91 Å². The number of carbonyl (C=O) groups excluding carboxylic acids is 2. The zero-order valence-electron chi connectivity index (χ0n) is 16.7. The number of hydrogen-bond acceptors (Lipinski definition) is 4. The lowest BCUT2D eigenvalue weighted by Gasteiger charge is -2.27. The maximum Gasteiger partial charge on any atom is 0.254 e. The van der Waals surface area contributed by atoms with Crippen LogP contribution in [0.2, 0.25) is 5.02 Å². The van der Waals surface area contributed by atoms with Crippen LogP contribution >= 0.6 is 11.6 Å². The van der Waals surface area contributed by atoms with Gasteiger partial charge in [-0.25, -0.2) is 0 Å². The van der Waals surface area contributed by atoms with Gasteiger partial charge in [0.25, 0.3) is 5.91 Å². The van der Waals surface area contributed by atoms with Gasteiger partial charge in [-0.1, -0.05) is 23.7 Å². The second-order valence-corrected chi connectivity index (χ2v) is 7.50. The molecule has 154 valence electrons. The second kappa shape index (κ2) is 8.20. The Bertz CT molecular complexity index is 1130. The number of nitrogens with one attached hydrogen (secondary N) is 1. The van der Waals surface area contributed by atoms with Crippen LogP contribution in [0.5, 0.6) is 5.75 Å². The number of carbonyl (C=O) groups is 2. The molecule has 0 spiro atoms. The zero-order valence-corrected chi connectivity index (χ0v) is 17.4. The fourth-order valence-corrected chi connectivity index (χ4v) is 4.07. The fourth-order valence-electron chi connectivity index (χ4n) is 3.88. The van der Waals surface area contributed by atoms with Crippen LogP contribution in [0, 0.1) is 0 Å². The molecule has 2 amide bonds. The maximum absolute atomic E-state index is 13.1. The highest BCUT2D eigenvalue weighted by molar-refractivity contribution is 6.30. The van der Waals surface area contributed by atoms with Crippen molar-refractivity contribution in [3.05, 3.63) is 64.3 Å². The number of ether oxygens (including phenoxy) is 1. The lowest BCUT2D eigenvalue weighted by atomic mass is 9.99. The Kier molecular flexibility index (Phi) is 5.46. The third kappa shape index (κ3) is 3.64. The Hall–Kier alpha value is -3.32. The van der Waals surface area contributed by atoms with Gasteiger partial charge in [-0.05, 0) is 36.8 Å². The first kappa shape index (κ1) is 20.0. The zero-order chi connectivity index (χ0) is 21.3. The number of hydrogen-bond donors (Lipinski definition) is 1. The van der Waals surface area contributed by atoms with Crippen LogP contribution in [0.3, 0.4) is 0 Å². The summed E-state index contributed by atoms with van der Waals surface area (Å²) in [6.45, 7) is 1.01. The van der Waals surface area contributed by atoms with E-state index >= 15 is 0 Å². The third-order valence-corrected chi connectivity index (χ3v) is 5.48. The predicted octanol–water partition coefficient (Wildman–Crippen LogP) is 3.52. The van der Waals surface area contributed by atoms with Crippen molar-refractivity contribution in [2.75, 3.05) is 19.0 Å². The minimum absolute atomic E-state index is 0.105. The largest absolute Gasteiger partial charge is 0.495 e. The van der Waals surface area contributed by atoms with E-state index in [9.17, 15) is 9.59 Å². The molecule has 7 nitrogen and oxygen atoms in total. The van der Waals surface area contributed by atoms with Gasteiger partial charge in [-0.3, -0.25) is 14.3 Å². The highest BCUT2D eigenvalue weighted by Crippen LogP contribution is 2.32. The molecular formula is C22H21ClN4O3. The van der Waals surface area contributed by atoms with Gasteiger partial charge in [-0.2, -0.15) is 5.10 Å². The molecule has 2 heterocycles. The molecule has 1 aliphatic heterocycles. The number of aryl methyl sites for hydroxylation is 1. The Morgan fingerprint density at radius 3 is 2.83 bits per heavy atom. The van der Waals surface area contributed by atoms with E-state index in [2.05, 4.69) is 10.4 Å². The van der Waals surface area contributed by atoms with Crippen molar-refractivity contribution in [3.8, 4) is 17.0 Å². The van der Waals surface area contributed by atoms with Gasteiger partial charge in [0.2, 0.25) is 6.41 Å². The topological polar surface area (TPSA) is 76.5 Å². The van der Waals surface area contributed by atoms with E-state index in [4.69, 9.17) is 16.3 Å². The second-order valence-electron chi connectivity index (χ2n) is 7.06. The Morgan fingerprint density at radius 1 is 1.27 bits per heavy atom. The molecule has 30 heavy (non-hydrogen) atoms. The molecular weight excluding hydrogens is 404 g/mol. The van der Waals surface area contributed by atoms with E-state index in [1.54, 1.807) is 23.1 Å². The maximum atomic E-state index is 13.1. The summed E-state index contributed by atoms with van der Waals surface area (Å²) in [5, 5.41) is 7.90. The average molecular weight is 425 g/mol. The highest BCUT2D eigenvalue weighted by Gasteiger charge is 2.28. The van der Waals surface area contributed by atoms with Gasteiger partial charge in [0.1, 0.15) is 5.75 Å². The smallest absolute Gasteiger partial charge is 0.254 e. The predicted molar refractivity (Wildman–Crippen MR) is 115 cm³/mol. The summed E-state index contributed by atoms with van der Waals surface area (Å²) < 4.78 is 7.15. The molecule has 1 aromatic heterocycles. The normalized spacial score (nSPS) is 13.0. The van der Waals surface area contributed by atoms with Gasteiger partial charge in [0.15, 0.2) is 0 Å². The first-order valence-electron chi connectivity index (χ1n) is 9.50. The molecule has 0 saturated heterocycles. The molecule has 0 aliphatic carbocycles. The number of methoxy groups -OCH3 is 1. The first-order valence-corrected chi connectivity index (χ1v) is 9.87. The van der Waals surface area contributed by atoms with E-state index in [1.165, 1.54) is 7.11 Å². The Labute approximate surface area is 179 Å². The van der Waals surface area contributed by atoms with Crippen LogP contribution in [0.25, 0.3) is 11.3 Å². The van der Waals surface area contributed by atoms with Crippen molar-refractivity contribution in [2.24, 2.45) is 7.05 Å². The summed E-state index contributed by atoms with van der Waals surface area (Å²) in [4.78, 5) is 25.6. The Morgan fingerprint density at radius 2 is 2.10 bits per heavy atom. The highest BCUT2D eigenvalue weighted by atomic mass is 35.5. The van der Waals surface area contributed by atoms with Crippen molar-refractivity contribution >= 4 is 29.6 Å². The van der Waals surface area contributed by atoms with Gasteiger partial charge in [0, 0.05) is 35.3 Å². The molecule has 0 fully saturated rings. The number of nitrogens with zero attached hydrogens (tertiary/aromatic N) is 3. The number of amides is 2. The molecule has 0 radical (unpaired) electrons. The van der Waals surface area contributed by atoms with E-state index < -0.39 is 0 Å². The third-order valence-electron chi connectivity index (χ3n) is 5.25. The lowest BCUT2D eigenvalue weighted by molar-refractivity contribution is -0.105. The minimum Gasteiger partial charge on any atom is -0.495 e. The lowest BCUT2D eigenvalue weighted by Crippen LogP contribution is -2.36. The van der Waals surface area contributed by atoms with Gasteiger partial charge >= 0.3 is 0 Å². The molecule has 2 aromatic carbocycles. The number of aromatic nitrogens is 2. The van der Waals surface area contributed by atoms with Crippen LogP contribution in [0.4, 0.5) is 5.69 Å². The summed E-state index contributed by atoms with van der Waals surface area (Å²) >= 11 is 6.17. The molecule has 3 aromatic rings. The molecule has 8 heteroatoms. The van der Waals surface area contributed by atoms with Crippen molar-refractivity contribution in [1.29, 1.82) is 0 Å². The molecule has 1 aliphatic rings. The van der Waals surface area contributed by atoms with Crippen LogP contribution in [-0.2, 0) is 24.8 Å². The number of fused-ring (bicyclic) bond motifs is 1. The fraction of sp³-hybridized carbons (Fsp3) is 0.227. The van der Waals surface area contributed by atoms with Crippen LogP contribution < -0.4 is 10.1 Å². The quantitative estimate of drug-likeness (QED) is 0.636. The Balaban J connectivity index is 1.60. The molecule has 0 bridgehead atoms. The summed E-state index contributed by atoms with van der Waals surface area (Å²) in [6.07, 6.45) is 1.28. The van der Waals surface area contributed by atoms with Crippen LogP contribution in [-0.4, -0.2) is 40.7 Å². The summed E-state index contributed by atoms with van der Waals surface area (Å²) in [5.41, 5.74) is 5.09. The first-order chi connectivity index (χ1) is 14.5. The molecule has 0 saturated carbocycles. The standard InChI is InChI=1S/C22H21ClN4O3/c1-26-21(14-4-3-5-16(23)10-14)17-8-9-27(12-19(17)25-26)22(29)15-6-7-18(24-13-28)20(11-15)30-2/h3-7,10-11,13H,8-9,12H2,1-2H3,(H,24,28). The monoisotopic (exact) mass is 424 g/mol. The average Bonchev–Trinajstić information content (AvgIpc) is 3.08. The van der Waals surface area contributed by atoms with Crippen molar-refractivity contribution in [3.63, 3.8) is 0 Å². The summed E-state index contributed by atoms with van der Waals surface area (Å²) in [6, 6.07) is 12.7. The van der Waals surface area contributed by atoms with Crippen molar-refractivity contribution < 1.29 is 14.3 Å². The number of halogens is 1. The van der Waals surface area contributed by atoms with E-state index in [1.807, 2.05) is 36.0 Å². The summed E-state index contributed by atoms with van der Waals surface area (Å²) in [5.74, 6) is 0.332.